The number of ether oxygens (including phenoxy) is 1. The highest BCUT2D eigenvalue weighted by Crippen LogP contribution is 2.19. The number of amides is 1. The zero-order valence-electron chi connectivity index (χ0n) is 19.1. The summed E-state index contributed by atoms with van der Waals surface area (Å²) in [6.45, 7) is 6.03. The molecule has 0 radical (unpaired) electrons. The van der Waals surface area contributed by atoms with Gasteiger partial charge in [0.15, 0.2) is 9.84 Å². The number of sulfone groups is 1. The summed E-state index contributed by atoms with van der Waals surface area (Å²) < 4.78 is 35.7. The van der Waals surface area contributed by atoms with Crippen molar-refractivity contribution in [2.45, 2.75) is 56.6 Å². The van der Waals surface area contributed by atoms with Gasteiger partial charge < -0.3 is 9.15 Å². The van der Waals surface area contributed by atoms with Crippen LogP contribution in [-0.2, 0) is 16.3 Å². The van der Waals surface area contributed by atoms with E-state index in [4.69, 9.17) is 9.15 Å². The van der Waals surface area contributed by atoms with E-state index >= 15 is 0 Å². The zero-order valence-corrected chi connectivity index (χ0v) is 19.9. The molecule has 0 aliphatic rings. The molecule has 1 amide bonds. The number of rotatable bonds is 11. The summed E-state index contributed by atoms with van der Waals surface area (Å²) in [5.74, 6) is 0.554. The summed E-state index contributed by atoms with van der Waals surface area (Å²) in [5.41, 5.74) is 1.23. The van der Waals surface area contributed by atoms with Gasteiger partial charge in [-0.2, -0.15) is 0 Å². The number of carbonyl (C=O) groups excluding carboxylic acids is 1. The summed E-state index contributed by atoms with van der Waals surface area (Å²) in [4.78, 5) is 12.8. The van der Waals surface area contributed by atoms with Crippen LogP contribution in [0.1, 0.15) is 61.8 Å². The lowest BCUT2D eigenvalue weighted by atomic mass is 10.1. The van der Waals surface area contributed by atoms with Crippen LogP contribution in [0.5, 0.6) is 5.75 Å². The fourth-order valence-electron chi connectivity index (χ4n) is 3.06. The molecule has 0 fully saturated rings. The standard InChI is InChI=1S/C24H29N3O5S/c1-4-5-6-14-31-20-9-7-8-19(16-20)23(28)25-24-27-26-22(32-24)15-18-10-12-21(13-11-18)33(29,30)17(2)3/h7-13,16-17H,4-6,14-15H2,1-3H3,(H,25,27,28). The van der Waals surface area contributed by atoms with Gasteiger partial charge >= 0.3 is 6.01 Å². The number of unbranched alkanes of at least 4 members (excludes halogenated alkanes) is 2. The Morgan fingerprint density at radius 1 is 1.09 bits per heavy atom. The topological polar surface area (TPSA) is 111 Å². The Balaban J connectivity index is 1.59. The van der Waals surface area contributed by atoms with Crippen LogP contribution in [0.25, 0.3) is 0 Å². The molecule has 1 aromatic heterocycles. The molecule has 176 valence electrons. The highest BCUT2D eigenvalue weighted by atomic mass is 32.2. The average molecular weight is 472 g/mol. The molecule has 0 bridgehead atoms. The molecule has 8 nitrogen and oxygen atoms in total. The van der Waals surface area contributed by atoms with E-state index in [1.807, 2.05) is 6.07 Å². The summed E-state index contributed by atoms with van der Waals surface area (Å²) in [6, 6.07) is 13.5. The molecular formula is C24H29N3O5S. The van der Waals surface area contributed by atoms with Gasteiger partial charge in [0.05, 0.1) is 23.2 Å². The second-order valence-electron chi connectivity index (χ2n) is 7.95. The Kier molecular flexibility index (Phi) is 8.21. The molecule has 0 saturated heterocycles. The van der Waals surface area contributed by atoms with E-state index in [9.17, 15) is 13.2 Å². The number of nitrogens with one attached hydrogen (secondary N) is 1. The van der Waals surface area contributed by atoms with Gasteiger partial charge in [0.25, 0.3) is 5.91 Å². The normalized spacial score (nSPS) is 11.5. The van der Waals surface area contributed by atoms with Crippen molar-refractivity contribution < 1.29 is 22.4 Å². The van der Waals surface area contributed by atoms with Gasteiger partial charge in [0, 0.05) is 5.56 Å². The highest BCUT2D eigenvalue weighted by Gasteiger charge is 2.19. The molecule has 3 aromatic rings. The molecule has 0 atom stereocenters. The second kappa shape index (κ2) is 11.1. The quantitative estimate of drug-likeness (QED) is 0.405. The zero-order chi connectivity index (χ0) is 23.8. The van der Waals surface area contributed by atoms with Gasteiger partial charge in [-0.3, -0.25) is 10.1 Å². The first kappa shape index (κ1) is 24.4. The molecule has 0 saturated carbocycles. The molecule has 0 aliphatic heterocycles. The maximum Gasteiger partial charge on any atom is 0.322 e. The van der Waals surface area contributed by atoms with Gasteiger partial charge in [0.1, 0.15) is 5.75 Å². The van der Waals surface area contributed by atoms with E-state index in [0.717, 1.165) is 24.8 Å². The number of benzene rings is 2. The summed E-state index contributed by atoms with van der Waals surface area (Å²) >= 11 is 0. The first-order valence-corrected chi connectivity index (χ1v) is 12.5. The third-order valence-corrected chi connectivity index (χ3v) is 7.20. The third-order valence-electron chi connectivity index (χ3n) is 5.03. The van der Waals surface area contributed by atoms with Crippen LogP contribution in [0, 0.1) is 0 Å². The van der Waals surface area contributed by atoms with Crippen LogP contribution in [0.15, 0.2) is 57.8 Å². The van der Waals surface area contributed by atoms with Gasteiger partial charge in [-0.1, -0.05) is 43.1 Å². The molecule has 0 spiro atoms. The van der Waals surface area contributed by atoms with Gasteiger partial charge in [-0.25, -0.2) is 8.42 Å². The van der Waals surface area contributed by atoms with E-state index in [0.29, 0.717) is 30.2 Å². The maximum absolute atomic E-state index is 12.5. The lowest BCUT2D eigenvalue weighted by Gasteiger charge is -2.08. The predicted octanol–water partition coefficient (Wildman–Crippen LogP) is 4.66. The van der Waals surface area contributed by atoms with Crippen LogP contribution < -0.4 is 10.1 Å². The minimum absolute atomic E-state index is 0.0109. The fourth-order valence-corrected chi connectivity index (χ4v) is 4.12. The lowest BCUT2D eigenvalue weighted by Crippen LogP contribution is -2.13. The minimum atomic E-state index is -3.32. The summed E-state index contributed by atoms with van der Waals surface area (Å²) in [6.07, 6.45) is 3.49. The van der Waals surface area contributed by atoms with Crippen molar-refractivity contribution in [3.63, 3.8) is 0 Å². The van der Waals surface area contributed by atoms with Gasteiger partial charge in [-0.15, -0.1) is 5.10 Å². The SMILES string of the molecule is CCCCCOc1cccc(C(=O)Nc2nnc(Cc3ccc(S(=O)(=O)C(C)C)cc3)o2)c1. The number of carbonyl (C=O) groups is 1. The minimum Gasteiger partial charge on any atom is -0.494 e. The summed E-state index contributed by atoms with van der Waals surface area (Å²) in [7, 11) is -3.32. The largest absolute Gasteiger partial charge is 0.494 e. The van der Waals surface area contributed by atoms with Crippen molar-refractivity contribution in [1.29, 1.82) is 0 Å². The first-order valence-electron chi connectivity index (χ1n) is 11.0. The van der Waals surface area contributed by atoms with Gasteiger partial charge in [-0.05, 0) is 56.2 Å². The smallest absolute Gasteiger partial charge is 0.322 e. The van der Waals surface area contributed by atoms with E-state index in [2.05, 4.69) is 22.4 Å². The molecule has 0 aliphatic carbocycles. The fraction of sp³-hybridized carbons (Fsp3) is 0.375. The molecule has 1 heterocycles. The van der Waals surface area contributed by atoms with Crippen molar-refractivity contribution in [2.75, 3.05) is 11.9 Å². The number of anilines is 1. The number of hydrogen-bond donors (Lipinski definition) is 1. The summed E-state index contributed by atoms with van der Waals surface area (Å²) in [5, 5.41) is 9.94. The Bertz CT molecular complexity index is 1170. The Morgan fingerprint density at radius 3 is 2.55 bits per heavy atom. The predicted molar refractivity (Wildman–Crippen MR) is 125 cm³/mol. The average Bonchev–Trinajstić information content (AvgIpc) is 3.23. The Labute approximate surface area is 194 Å². The number of hydrogen-bond acceptors (Lipinski definition) is 7. The Morgan fingerprint density at radius 2 is 1.85 bits per heavy atom. The molecule has 2 aromatic carbocycles. The molecule has 3 rings (SSSR count). The van der Waals surface area contributed by atoms with E-state index in [1.165, 1.54) is 0 Å². The van der Waals surface area contributed by atoms with Crippen LogP contribution in [0.3, 0.4) is 0 Å². The van der Waals surface area contributed by atoms with Crippen molar-refractivity contribution in [1.82, 2.24) is 10.2 Å². The van der Waals surface area contributed by atoms with E-state index < -0.39 is 15.1 Å². The van der Waals surface area contributed by atoms with Crippen LogP contribution >= 0.6 is 0 Å². The number of nitrogens with zero attached hydrogens (tertiary/aromatic N) is 2. The van der Waals surface area contributed by atoms with Crippen molar-refractivity contribution in [3.8, 4) is 5.75 Å². The van der Waals surface area contributed by atoms with Crippen molar-refractivity contribution in [3.05, 3.63) is 65.5 Å². The van der Waals surface area contributed by atoms with Gasteiger partial charge in [0.2, 0.25) is 5.89 Å². The molecule has 9 heteroatoms. The molecule has 1 N–H and O–H groups in total. The Hall–Kier alpha value is -3.20. The monoisotopic (exact) mass is 471 g/mol. The molecule has 33 heavy (non-hydrogen) atoms. The van der Waals surface area contributed by atoms with E-state index in [1.54, 1.807) is 56.3 Å². The molecule has 0 unspecified atom stereocenters. The second-order valence-corrected chi connectivity index (χ2v) is 10.5. The number of aromatic nitrogens is 2. The highest BCUT2D eigenvalue weighted by molar-refractivity contribution is 7.92. The van der Waals surface area contributed by atoms with Crippen molar-refractivity contribution >= 4 is 21.8 Å². The first-order chi connectivity index (χ1) is 15.8. The lowest BCUT2D eigenvalue weighted by molar-refractivity contribution is 0.102. The maximum atomic E-state index is 12.5. The molecular weight excluding hydrogens is 442 g/mol. The van der Waals surface area contributed by atoms with E-state index in [-0.39, 0.29) is 16.8 Å². The van der Waals surface area contributed by atoms with Crippen LogP contribution in [0.4, 0.5) is 6.01 Å². The van der Waals surface area contributed by atoms with Crippen molar-refractivity contribution in [2.24, 2.45) is 0 Å². The third kappa shape index (κ3) is 6.64. The van der Waals surface area contributed by atoms with Crippen LogP contribution in [0.2, 0.25) is 0 Å². The van der Waals surface area contributed by atoms with Crippen LogP contribution in [-0.4, -0.2) is 36.4 Å².